The number of rotatable bonds is 2. The molecule has 0 fully saturated rings. The number of fused-ring (bicyclic) bond motifs is 1. The summed E-state index contributed by atoms with van der Waals surface area (Å²) in [5.74, 6) is 0.942. The number of hydrogen-bond acceptors (Lipinski definition) is 1. The smallest absolute Gasteiger partial charge is 0.169 e. The summed E-state index contributed by atoms with van der Waals surface area (Å²) in [5, 5.41) is 0. The molecular formula is C15H14Br2O. The van der Waals surface area contributed by atoms with E-state index >= 15 is 0 Å². The monoisotopic (exact) mass is 368 g/mol. The van der Waals surface area contributed by atoms with Gasteiger partial charge in [-0.2, -0.15) is 0 Å². The molecule has 0 bridgehead atoms. The molecule has 0 aliphatic heterocycles. The predicted octanol–water partition coefficient (Wildman–Crippen LogP) is 5.41. The van der Waals surface area contributed by atoms with Gasteiger partial charge in [0, 0.05) is 0 Å². The molecule has 2 aromatic rings. The molecule has 18 heavy (non-hydrogen) atoms. The van der Waals surface area contributed by atoms with Gasteiger partial charge in [-0.1, -0.05) is 34.1 Å². The van der Waals surface area contributed by atoms with Crippen molar-refractivity contribution < 1.29 is 4.42 Å². The van der Waals surface area contributed by atoms with Gasteiger partial charge in [0.25, 0.3) is 0 Å². The van der Waals surface area contributed by atoms with Crippen LogP contribution in [0.5, 0.6) is 0 Å². The third-order valence-corrected chi connectivity index (χ3v) is 4.92. The van der Waals surface area contributed by atoms with Crippen LogP contribution in [0.2, 0.25) is 0 Å². The van der Waals surface area contributed by atoms with Gasteiger partial charge < -0.3 is 4.42 Å². The van der Waals surface area contributed by atoms with Crippen LogP contribution in [0.4, 0.5) is 0 Å². The van der Waals surface area contributed by atoms with Crippen molar-refractivity contribution in [3.8, 4) is 0 Å². The van der Waals surface area contributed by atoms with E-state index in [2.05, 4.69) is 50.1 Å². The van der Waals surface area contributed by atoms with Crippen molar-refractivity contribution in [1.29, 1.82) is 0 Å². The van der Waals surface area contributed by atoms with Crippen LogP contribution in [0, 0.1) is 0 Å². The average Bonchev–Trinajstić information content (AvgIpc) is 2.84. The molecule has 1 aliphatic carbocycles. The highest BCUT2D eigenvalue weighted by Crippen LogP contribution is 2.35. The number of benzene rings is 1. The lowest BCUT2D eigenvalue weighted by molar-refractivity contribution is 0.497. The first-order valence-electron chi connectivity index (χ1n) is 6.25. The number of aryl methyl sites for hydroxylation is 2. The molecule has 1 atom stereocenters. The molecule has 1 unspecified atom stereocenters. The summed E-state index contributed by atoms with van der Waals surface area (Å²) in [7, 11) is 0. The minimum atomic E-state index is 0.135. The van der Waals surface area contributed by atoms with Crippen LogP contribution in [-0.4, -0.2) is 0 Å². The van der Waals surface area contributed by atoms with E-state index in [-0.39, 0.29) is 4.83 Å². The summed E-state index contributed by atoms with van der Waals surface area (Å²) in [5.41, 5.74) is 4.30. The molecule has 1 nitrogen and oxygen atoms in total. The van der Waals surface area contributed by atoms with E-state index in [0.29, 0.717) is 0 Å². The van der Waals surface area contributed by atoms with Crippen LogP contribution in [0.3, 0.4) is 0 Å². The summed E-state index contributed by atoms with van der Waals surface area (Å²) >= 11 is 7.07. The zero-order chi connectivity index (χ0) is 12.5. The molecule has 0 amide bonds. The molecule has 0 saturated heterocycles. The van der Waals surface area contributed by atoms with Crippen molar-refractivity contribution in [2.45, 2.75) is 30.5 Å². The molecular weight excluding hydrogens is 356 g/mol. The lowest BCUT2D eigenvalue weighted by Gasteiger charge is -2.17. The van der Waals surface area contributed by atoms with E-state index in [9.17, 15) is 0 Å². The molecule has 3 heteroatoms. The van der Waals surface area contributed by atoms with Crippen LogP contribution >= 0.6 is 31.9 Å². The Kier molecular flexibility index (Phi) is 3.62. The minimum Gasteiger partial charge on any atom is -0.453 e. The Labute approximate surface area is 124 Å². The lowest BCUT2D eigenvalue weighted by Crippen LogP contribution is -2.04. The maximum absolute atomic E-state index is 5.61. The van der Waals surface area contributed by atoms with Gasteiger partial charge in [-0.3, -0.25) is 0 Å². The van der Waals surface area contributed by atoms with Crippen molar-refractivity contribution in [3.05, 3.63) is 57.5 Å². The van der Waals surface area contributed by atoms with Gasteiger partial charge in [0.05, 0.1) is 4.83 Å². The molecule has 0 saturated carbocycles. The van der Waals surface area contributed by atoms with E-state index in [0.717, 1.165) is 10.4 Å². The second-order valence-electron chi connectivity index (χ2n) is 4.74. The van der Waals surface area contributed by atoms with Crippen molar-refractivity contribution >= 4 is 31.9 Å². The molecule has 1 aromatic heterocycles. The fourth-order valence-corrected chi connectivity index (χ4v) is 3.39. The first-order valence-corrected chi connectivity index (χ1v) is 7.96. The Balaban J connectivity index is 1.92. The zero-order valence-corrected chi connectivity index (χ0v) is 13.1. The molecule has 0 spiro atoms. The topological polar surface area (TPSA) is 13.1 Å². The first kappa shape index (κ1) is 12.5. The number of hydrogen-bond donors (Lipinski definition) is 0. The van der Waals surface area contributed by atoms with Crippen LogP contribution in [0.25, 0.3) is 0 Å². The van der Waals surface area contributed by atoms with E-state index in [4.69, 9.17) is 4.42 Å². The molecule has 1 aliphatic rings. The van der Waals surface area contributed by atoms with Crippen molar-refractivity contribution in [1.82, 2.24) is 0 Å². The Hall–Kier alpha value is -0.540. The molecule has 0 radical (unpaired) electrons. The molecule has 0 N–H and O–H groups in total. The number of furan rings is 1. The Morgan fingerprint density at radius 2 is 1.78 bits per heavy atom. The van der Waals surface area contributed by atoms with Crippen LogP contribution in [0.1, 0.15) is 40.1 Å². The van der Waals surface area contributed by atoms with Crippen molar-refractivity contribution in [2.75, 3.05) is 0 Å². The van der Waals surface area contributed by atoms with Crippen molar-refractivity contribution in [3.63, 3.8) is 0 Å². The second kappa shape index (κ2) is 5.22. The Bertz CT molecular complexity index is 559. The largest absolute Gasteiger partial charge is 0.453 e. The summed E-state index contributed by atoms with van der Waals surface area (Å²) in [6.45, 7) is 0. The Morgan fingerprint density at radius 3 is 2.50 bits per heavy atom. The number of halogens is 2. The fraction of sp³-hybridized carbons (Fsp3) is 0.333. The summed E-state index contributed by atoms with van der Waals surface area (Å²) in [6, 6.07) is 10.7. The standard InChI is InChI=1S/C15H14Br2O/c16-14-8-7-13(18-14)15(17)12-6-5-10-3-1-2-4-11(10)9-12/h5-9,15H,1-4H2. The molecule has 94 valence electrons. The summed E-state index contributed by atoms with van der Waals surface area (Å²) in [4.78, 5) is 0.135. The fourth-order valence-electron chi connectivity index (χ4n) is 2.54. The summed E-state index contributed by atoms with van der Waals surface area (Å²) in [6.07, 6.45) is 5.09. The van der Waals surface area contributed by atoms with Gasteiger partial charge in [-0.25, -0.2) is 0 Å². The van der Waals surface area contributed by atoms with Gasteiger partial charge >= 0.3 is 0 Å². The van der Waals surface area contributed by atoms with E-state index in [1.807, 2.05) is 12.1 Å². The SMILES string of the molecule is Brc1ccc(C(Br)c2ccc3c(c2)CCCC3)o1. The highest BCUT2D eigenvalue weighted by Gasteiger charge is 2.17. The van der Waals surface area contributed by atoms with Gasteiger partial charge in [0.2, 0.25) is 0 Å². The van der Waals surface area contributed by atoms with Gasteiger partial charge in [0.1, 0.15) is 5.76 Å². The van der Waals surface area contributed by atoms with Crippen molar-refractivity contribution in [2.24, 2.45) is 0 Å². The number of alkyl halides is 1. The second-order valence-corrected chi connectivity index (χ2v) is 6.44. The Morgan fingerprint density at radius 1 is 1.00 bits per heavy atom. The third-order valence-electron chi connectivity index (χ3n) is 3.51. The van der Waals surface area contributed by atoms with E-state index < -0.39 is 0 Å². The third kappa shape index (κ3) is 2.43. The van der Waals surface area contributed by atoms with E-state index in [1.54, 1.807) is 0 Å². The maximum atomic E-state index is 5.61. The molecule has 1 aromatic carbocycles. The van der Waals surface area contributed by atoms with Gasteiger partial charge in [-0.05, 0) is 70.4 Å². The average molecular weight is 370 g/mol. The highest BCUT2D eigenvalue weighted by molar-refractivity contribution is 9.10. The van der Waals surface area contributed by atoms with E-state index in [1.165, 1.54) is 42.4 Å². The quantitative estimate of drug-likeness (QED) is 0.645. The maximum Gasteiger partial charge on any atom is 0.169 e. The summed E-state index contributed by atoms with van der Waals surface area (Å²) < 4.78 is 6.39. The van der Waals surface area contributed by atoms with Gasteiger partial charge in [0.15, 0.2) is 4.67 Å². The van der Waals surface area contributed by atoms with Crippen LogP contribution in [0.15, 0.2) is 39.4 Å². The highest BCUT2D eigenvalue weighted by atomic mass is 79.9. The minimum absolute atomic E-state index is 0.135. The predicted molar refractivity (Wildman–Crippen MR) is 80.3 cm³/mol. The normalized spacial score (nSPS) is 16.3. The zero-order valence-electron chi connectivity index (χ0n) is 9.96. The molecule has 3 rings (SSSR count). The van der Waals surface area contributed by atoms with Crippen LogP contribution in [-0.2, 0) is 12.8 Å². The van der Waals surface area contributed by atoms with Gasteiger partial charge in [-0.15, -0.1) is 0 Å². The molecule has 1 heterocycles. The van der Waals surface area contributed by atoms with Crippen LogP contribution < -0.4 is 0 Å². The lowest BCUT2D eigenvalue weighted by atomic mass is 9.90. The first-order chi connectivity index (χ1) is 8.74.